The second-order valence-corrected chi connectivity index (χ2v) is 3.81. The SMILES string of the molecule is C=C1C(=O)CCC1CC(C)C. The predicted molar refractivity (Wildman–Crippen MR) is 46.3 cm³/mol. The summed E-state index contributed by atoms with van der Waals surface area (Å²) in [4.78, 5) is 11.1. The quantitative estimate of drug-likeness (QED) is 0.556. The number of rotatable bonds is 2. The highest BCUT2D eigenvalue weighted by Crippen LogP contribution is 2.31. The van der Waals surface area contributed by atoms with Gasteiger partial charge in [-0.2, -0.15) is 0 Å². The molecule has 0 heterocycles. The van der Waals surface area contributed by atoms with E-state index in [1.165, 1.54) is 0 Å². The highest BCUT2D eigenvalue weighted by Gasteiger charge is 2.26. The number of hydrogen-bond acceptors (Lipinski definition) is 1. The summed E-state index contributed by atoms with van der Waals surface area (Å²) in [7, 11) is 0. The third-order valence-corrected chi connectivity index (χ3v) is 2.33. The van der Waals surface area contributed by atoms with E-state index in [2.05, 4.69) is 20.4 Å². The molecule has 0 N–H and O–H groups in total. The Balaban J connectivity index is 2.49. The third-order valence-electron chi connectivity index (χ3n) is 2.33. The largest absolute Gasteiger partial charge is 0.295 e. The van der Waals surface area contributed by atoms with Crippen molar-refractivity contribution in [2.75, 3.05) is 0 Å². The summed E-state index contributed by atoms with van der Waals surface area (Å²) in [6.45, 7) is 8.20. The maximum atomic E-state index is 11.1. The zero-order valence-corrected chi connectivity index (χ0v) is 7.39. The molecule has 1 saturated carbocycles. The Morgan fingerprint density at radius 1 is 1.64 bits per heavy atom. The summed E-state index contributed by atoms with van der Waals surface area (Å²) in [6, 6.07) is 0. The molecule has 0 spiro atoms. The van der Waals surface area contributed by atoms with Crippen molar-refractivity contribution >= 4 is 5.78 Å². The van der Waals surface area contributed by atoms with E-state index in [0.29, 0.717) is 11.8 Å². The molecule has 0 aromatic heterocycles. The van der Waals surface area contributed by atoms with Gasteiger partial charge < -0.3 is 0 Å². The second kappa shape index (κ2) is 3.21. The number of ketones is 1. The van der Waals surface area contributed by atoms with E-state index in [1.54, 1.807) is 0 Å². The van der Waals surface area contributed by atoms with E-state index in [0.717, 1.165) is 24.8 Å². The van der Waals surface area contributed by atoms with Crippen LogP contribution in [-0.4, -0.2) is 5.78 Å². The molecule has 1 aliphatic carbocycles. The van der Waals surface area contributed by atoms with Crippen molar-refractivity contribution in [1.82, 2.24) is 0 Å². The van der Waals surface area contributed by atoms with Gasteiger partial charge in [0.15, 0.2) is 5.78 Å². The van der Waals surface area contributed by atoms with Gasteiger partial charge in [0, 0.05) is 6.42 Å². The van der Waals surface area contributed by atoms with Crippen LogP contribution in [0.5, 0.6) is 0 Å². The number of allylic oxidation sites excluding steroid dienone is 1. The van der Waals surface area contributed by atoms with Crippen LogP contribution in [0, 0.1) is 11.8 Å². The van der Waals surface area contributed by atoms with E-state index in [4.69, 9.17) is 0 Å². The summed E-state index contributed by atoms with van der Waals surface area (Å²) in [6.07, 6.45) is 2.90. The zero-order valence-electron chi connectivity index (χ0n) is 7.39. The van der Waals surface area contributed by atoms with Gasteiger partial charge in [-0.25, -0.2) is 0 Å². The van der Waals surface area contributed by atoms with Crippen molar-refractivity contribution in [3.63, 3.8) is 0 Å². The van der Waals surface area contributed by atoms with Gasteiger partial charge >= 0.3 is 0 Å². The second-order valence-electron chi connectivity index (χ2n) is 3.81. The number of Topliss-reactive ketones (excluding diaryl/α,β-unsaturated/α-hetero) is 1. The number of carbonyl (C=O) groups is 1. The summed E-state index contributed by atoms with van der Waals surface area (Å²) < 4.78 is 0. The average molecular weight is 152 g/mol. The molecule has 0 amide bonds. The van der Waals surface area contributed by atoms with E-state index in [-0.39, 0.29) is 5.78 Å². The summed E-state index contributed by atoms with van der Waals surface area (Å²) in [5.74, 6) is 1.46. The van der Waals surface area contributed by atoms with E-state index >= 15 is 0 Å². The Bertz CT molecular complexity index is 179. The normalized spacial score (nSPS) is 25.2. The third kappa shape index (κ3) is 1.92. The van der Waals surface area contributed by atoms with Gasteiger partial charge in [-0.3, -0.25) is 4.79 Å². The maximum absolute atomic E-state index is 11.1. The Kier molecular flexibility index (Phi) is 2.48. The van der Waals surface area contributed by atoms with Crippen LogP contribution < -0.4 is 0 Å². The topological polar surface area (TPSA) is 17.1 Å². The first-order chi connectivity index (χ1) is 5.11. The molecule has 0 aliphatic heterocycles. The van der Waals surface area contributed by atoms with E-state index < -0.39 is 0 Å². The van der Waals surface area contributed by atoms with Crippen molar-refractivity contribution in [2.24, 2.45) is 11.8 Å². The average Bonchev–Trinajstić information content (AvgIpc) is 2.18. The summed E-state index contributed by atoms with van der Waals surface area (Å²) in [5.41, 5.74) is 0.874. The van der Waals surface area contributed by atoms with Gasteiger partial charge in [-0.05, 0) is 30.3 Å². The van der Waals surface area contributed by atoms with Gasteiger partial charge in [0.1, 0.15) is 0 Å². The maximum Gasteiger partial charge on any atom is 0.158 e. The van der Waals surface area contributed by atoms with Crippen molar-refractivity contribution in [2.45, 2.75) is 33.1 Å². The van der Waals surface area contributed by atoms with Crippen LogP contribution in [0.25, 0.3) is 0 Å². The van der Waals surface area contributed by atoms with E-state index in [9.17, 15) is 4.79 Å². The van der Waals surface area contributed by atoms with Crippen LogP contribution in [0.3, 0.4) is 0 Å². The van der Waals surface area contributed by atoms with Crippen LogP contribution in [0.4, 0.5) is 0 Å². The highest BCUT2D eigenvalue weighted by molar-refractivity contribution is 5.97. The van der Waals surface area contributed by atoms with Crippen LogP contribution in [0.2, 0.25) is 0 Å². The number of hydrogen-bond donors (Lipinski definition) is 0. The monoisotopic (exact) mass is 152 g/mol. The lowest BCUT2D eigenvalue weighted by molar-refractivity contribution is -0.114. The van der Waals surface area contributed by atoms with Crippen LogP contribution >= 0.6 is 0 Å². The van der Waals surface area contributed by atoms with Gasteiger partial charge in [0.05, 0.1) is 0 Å². The smallest absolute Gasteiger partial charge is 0.158 e. The zero-order chi connectivity index (χ0) is 8.43. The van der Waals surface area contributed by atoms with Crippen LogP contribution in [0.1, 0.15) is 33.1 Å². The molecule has 0 saturated heterocycles. The molecule has 1 atom stereocenters. The van der Waals surface area contributed by atoms with Crippen LogP contribution in [-0.2, 0) is 4.79 Å². The molecule has 1 heteroatoms. The van der Waals surface area contributed by atoms with Gasteiger partial charge in [-0.1, -0.05) is 20.4 Å². The lowest BCUT2D eigenvalue weighted by Gasteiger charge is -2.11. The van der Waals surface area contributed by atoms with E-state index in [1.807, 2.05) is 0 Å². The molecule has 1 rings (SSSR count). The van der Waals surface area contributed by atoms with Crippen molar-refractivity contribution in [3.05, 3.63) is 12.2 Å². The fourth-order valence-corrected chi connectivity index (χ4v) is 1.70. The van der Waals surface area contributed by atoms with Gasteiger partial charge in [0.25, 0.3) is 0 Å². The molecule has 1 aliphatic rings. The molecule has 0 radical (unpaired) electrons. The first-order valence-corrected chi connectivity index (χ1v) is 4.33. The molecule has 0 bridgehead atoms. The van der Waals surface area contributed by atoms with Crippen molar-refractivity contribution in [1.29, 1.82) is 0 Å². The van der Waals surface area contributed by atoms with Crippen molar-refractivity contribution < 1.29 is 4.79 Å². The predicted octanol–water partition coefficient (Wildman–Crippen LogP) is 2.57. The van der Waals surface area contributed by atoms with Gasteiger partial charge in [0.2, 0.25) is 0 Å². The molecule has 0 aromatic carbocycles. The molecule has 1 fully saturated rings. The Morgan fingerprint density at radius 3 is 2.64 bits per heavy atom. The molecule has 1 unspecified atom stereocenters. The minimum Gasteiger partial charge on any atom is -0.295 e. The summed E-state index contributed by atoms with van der Waals surface area (Å²) in [5, 5.41) is 0. The van der Waals surface area contributed by atoms with Crippen LogP contribution in [0.15, 0.2) is 12.2 Å². The fourth-order valence-electron chi connectivity index (χ4n) is 1.70. The first kappa shape index (κ1) is 8.51. The molecule has 1 nitrogen and oxygen atoms in total. The number of carbonyl (C=O) groups excluding carboxylic acids is 1. The Morgan fingerprint density at radius 2 is 2.27 bits per heavy atom. The molecular weight excluding hydrogens is 136 g/mol. The minimum absolute atomic E-state index is 0.288. The molecule has 62 valence electrons. The standard InChI is InChI=1S/C10H16O/c1-7(2)6-9-4-5-10(11)8(9)3/h7,9H,3-6H2,1-2H3. The highest BCUT2D eigenvalue weighted by atomic mass is 16.1. The molecular formula is C10H16O. The Labute approximate surface area is 68.5 Å². The molecule has 0 aromatic rings. The van der Waals surface area contributed by atoms with Gasteiger partial charge in [-0.15, -0.1) is 0 Å². The fraction of sp³-hybridized carbons (Fsp3) is 0.700. The lowest BCUT2D eigenvalue weighted by Crippen LogP contribution is -2.03. The Hall–Kier alpha value is -0.590. The van der Waals surface area contributed by atoms with Crippen molar-refractivity contribution in [3.8, 4) is 0 Å². The lowest BCUT2D eigenvalue weighted by atomic mass is 9.93. The minimum atomic E-state index is 0.288. The summed E-state index contributed by atoms with van der Waals surface area (Å²) >= 11 is 0. The first-order valence-electron chi connectivity index (χ1n) is 4.33. The molecule has 11 heavy (non-hydrogen) atoms.